The van der Waals surface area contributed by atoms with Gasteiger partial charge in [-0.15, -0.1) is 11.3 Å². The van der Waals surface area contributed by atoms with Crippen molar-refractivity contribution in [3.05, 3.63) is 117 Å². The molecule has 1 heterocycles. The molecule has 0 spiro atoms. The van der Waals surface area contributed by atoms with E-state index in [4.69, 9.17) is 37.4 Å². The summed E-state index contributed by atoms with van der Waals surface area (Å²) in [6, 6.07) is 23.2. The van der Waals surface area contributed by atoms with E-state index in [9.17, 15) is 14.4 Å². The van der Waals surface area contributed by atoms with E-state index in [-0.39, 0.29) is 16.5 Å². The highest BCUT2D eigenvalue weighted by atomic mass is 35.5. The molecule has 0 fully saturated rings. The zero-order valence-electron chi connectivity index (χ0n) is 23.9. The van der Waals surface area contributed by atoms with E-state index in [1.54, 1.807) is 99.0 Å². The summed E-state index contributed by atoms with van der Waals surface area (Å²) in [6.45, 7) is 2.12. The topological polar surface area (TPSA) is 115 Å². The number of thiophene rings is 1. The van der Waals surface area contributed by atoms with E-state index in [0.717, 1.165) is 4.70 Å². The van der Waals surface area contributed by atoms with Crippen molar-refractivity contribution in [2.75, 3.05) is 19.0 Å². The van der Waals surface area contributed by atoms with Crippen molar-refractivity contribution < 1.29 is 28.6 Å². The lowest BCUT2D eigenvalue weighted by molar-refractivity contribution is 0.0733. The number of halogens is 2. The average Bonchev–Trinajstić information content (AvgIpc) is 3.37. The normalized spacial score (nSPS) is 10.9. The number of carbonyl (C=O) groups is 3. The minimum atomic E-state index is -0.627. The summed E-state index contributed by atoms with van der Waals surface area (Å²) in [6.07, 6.45) is 1.43. The van der Waals surface area contributed by atoms with Gasteiger partial charge in [0.05, 0.1) is 25.0 Å². The second-order valence-electron chi connectivity index (χ2n) is 9.37. The molecule has 4 aromatic carbocycles. The molecule has 0 atom stereocenters. The van der Waals surface area contributed by atoms with Crippen LogP contribution in [0.5, 0.6) is 17.2 Å². The average molecular weight is 663 g/mol. The van der Waals surface area contributed by atoms with Crippen LogP contribution < -0.4 is 25.0 Å². The quantitative estimate of drug-likeness (QED) is 0.0682. The monoisotopic (exact) mass is 661 g/mol. The maximum absolute atomic E-state index is 13.0. The highest BCUT2D eigenvalue weighted by molar-refractivity contribution is 7.21. The fourth-order valence-corrected chi connectivity index (χ4v) is 5.82. The van der Waals surface area contributed by atoms with Gasteiger partial charge in [0.1, 0.15) is 10.6 Å². The van der Waals surface area contributed by atoms with Gasteiger partial charge in [0.25, 0.3) is 11.8 Å². The maximum Gasteiger partial charge on any atom is 0.355 e. The van der Waals surface area contributed by atoms with Crippen LogP contribution in [0.4, 0.5) is 5.69 Å². The Morgan fingerprint density at radius 3 is 2.29 bits per heavy atom. The third-order valence-electron chi connectivity index (χ3n) is 6.38. The number of rotatable bonds is 10. The lowest BCUT2D eigenvalue weighted by Crippen LogP contribution is -2.18. The molecular weight excluding hydrogens is 637 g/mol. The second-order valence-corrected chi connectivity index (χ2v) is 11.2. The molecule has 2 amide bonds. The number of hydrogen-bond donors (Lipinski definition) is 2. The molecular formula is C33H25Cl2N3O6S. The summed E-state index contributed by atoms with van der Waals surface area (Å²) < 4.78 is 17.2. The van der Waals surface area contributed by atoms with E-state index in [1.807, 2.05) is 0 Å². The number of esters is 1. The minimum Gasteiger partial charge on any atom is -0.497 e. The predicted molar refractivity (Wildman–Crippen MR) is 177 cm³/mol. The molecule has 0 aliphatic rings. The van der Waals surface area contributed by atoms with Crippen molar-refractivity contribution in [3.63, 3.8) is 0 Å². The first-order valence-electron chi connectivity index (χ1n) is 13.5. The molecule has 9 nitrogen and oxygen atoms in total. The molecule has 0 unspecified atom stereocenters. The number of hydrogen-bond acceptors (Lipinski definition) is 8. The molecule has 0 saturated heterocycles. The van der Waals surface area contributed by atoms with Gasteiger partial charge in [0.15, 0.2) is 11.5 Å². The van der Waals surface area contributed by atoms with Crippen molar-refractivity contribution in [3.8, 4) is 17.2 Å². The number of methoxy groups -OCH3 is 1. The van der Waals surface area contributed by atoms with E-state index in [1.165, 1.54) is 17.6 Å². The Labute approximate surface area is 272 Å². The molecule has 0 radical (unpaired) electrons. The van der Waals surface area contributed by atoms with Crippen LogP contribution in [0.15, 0.2) is 90.0 Å². The number of nitrogens with zero attached hydrogens (tertiary/aromatic N) is 1. The second kappa shape index (κ2) is 14.3. The molecule has 45 heavy (non-hydrogen) atoms. The highest BCUT2D eigenvalue weighted by Gasteiger charge is 2.21. The summed E-state index contributed by atoms with van der Waals surface area (Å²) in [4.78, 5) is 38.3. The Kier molecular flexibility index (Phi) is 9.99. The summed E-state index contributed by atoms with van der Waals surface area (Å²) in [5.74, 6) is -0.198. The fourth-order valence-electron chi connectivity index (χ4n) is 4.15. The lowest BCUT2D eigenvalue weighted by atomic mass is 10.1. The smallest absolute Gasteiger partial charge is 0.355 e. The first-order chi connectivity index (χ1) is 21.7. The van der Waals surface area contributed by atoms with Crippen LogP contribution in [0, 0.1) is 0 Å². The number of nitrogens with one attached hydrogen (secondary N) is 2. The van der Waals surface area contributed by atoms with Gasteiger partial charge in [-0.2, -0.15) is 5.10 Å². The number of amides is 2. The lowest BCUT2D eigenvalue weighted by Gasteiger charge is -2.11. The third kappa shape index (κ3) is 7.61. The van der Waals surface area contributed by atoms with Crippen molar-refractivity contribution in [2.24, 2.45) is 5.10 Å². The Morgan fingerprint density at radius 1 is 0.867 bits per heavy atom. The van der Waals surface area contributed by atoms with Gasteiger partial charge >= 0.3 is 5.97 Å². The van der Waals surface area contributed by atoms with Gasteiger partial charge in [-0.05, 0) is 91.3 Å². The molecule has 5 rings (SSSR count). The molecule has 228 valence electrons. The predicted octanol–water partition coefficient (Wildman–Crippen LogP) is 7.85. The largest absolute Gasteiger partial charge is 0.497 e. The number of fused-ring (bicyclic) bond motifs is 1. The molecule has 0 aliphatic carbocycles. The standard InChI is InChI=1S/C33H25Cl2N3O6S/c1-3-43-27-16-19(4-15-26(27)44-33(41)30-29(35)25-14-9-22(34)17-28(25)45-30)18-36-38-32(40)21-5-10-23(11-6-21)37-31(39)20-7-12-24(42-2)13-8-20/h4-18H,3H2,1-2H3,(H,37,39)(H,38,40)/b36-18-. The number of anilines is 1. The van der Waals surface area contributed by atoms with E-state index in [0.29, 0.717) is 55.9 Å². The molecule has 0 saturated carbocycles. The Balaban J connectivity index is 1.20. The first-order valence-corrected chi connectivity index (χ1v) is 15.1. The van der Waals surface area contributed by atoms with E-state index < -0.39 is 11.9 Å². The number of hydrazone groups is 1. The number of carbonyl (C=O) groups excluding carboxylic acids is 3. The SMILES string of the molecule is CCOc1cc(/C=N\NC(=O)c2ccc(NC(=O)c3ccc(OC)cc3)cc2)ccc1OC(=O)c1sc2cc(Cl)ccc2c1Cl. The summed E-state index contributed by atoms with van der Waals surface area (Å²) in [5, 5.41) is 8.36. The van der Waals surface area contributed by atoms with Crippen molar-refractivity contribution >= 4 is 74.3 Å². The maximum atomic E-state index is 13.0. The van der Waals surface area contributed by atoms with Gasteiger partial charge in [-0.3, -0.25) is 9.59 Å². The van der Waals surface area contributed by atoms with Crippen molar-refractivity contribution in [1.82, 2.24) is 5.43 Å². The van der Waals surface area contributed by atoms with Crippen LogP contribution in [0.1, 0.15) is 42.9 Å². The Morgan fingerprint density at radius 2 is 1.58 bits per heavy atom. The van der Waals surface area contributed by atoms with Crippen LogP contribution in [-0.2, 0) is 0 Å². The summed E-state index contributed by atoms with van der Waals surface area (Å²) >= 11 is 13.7. The van der Waals surface area contributed by atoms with Crippen molar-refractivity contribution in [2.45, 2.75) is 6.92 Å². The molecule has 0 aliphatic heterocycles. The zero-order valence-corrected chi connectivity index (χ0v) is 26.3. The fraction of sp³-hybridized carbons (Fsp3) is 0.0909. The van der Waals surface area contributed by atoms with Gasteiger partial charge < -0.3 is 19.5 Å². The van der Waals surface area contributed by atoms with Crippen molar-refractivity contribution in [1.29, 1.82) is 0 Å². The van der Waals surface area contributed by atoms with Gasteiger partial charge in [0, 0.05) is 31.9 Å². The van der Waals surface area contributed by atoms with E-state index >= 15 is 0 Å². The minimum absolute atomic E-state index is 0.203. The Bertz CT molecular complexity index is 1910. The van der Waals surface area contributed by atoms with Gasteiger partial charge in [0.2, 0.25) is 0 Å². The molecule has 1 aromatic heterocycles. The van der Waals surface area contributed by atoms with Gasteiger partial charge in [-0.25, -0.2) is 10.2 Å². The number of benzene rings is 4. The third-order valence-corrected chi connectivity index (χ3v) is 8.26. The first kappa shape index (κ1) is 31.5. The van der Waals surface area contributed by atoms with Gasteiger partial charge in [-0.1, -0.05) is 29.3 Å². The molecule has 12 heteroatoms. The van der Waals surface area contributed by atoms with Crippen LogP contribution >= 0.6 is 34.5 Å². The highest BCUT2D eigenvalue weighted by Crippen LogP contribution is 2.38. The van der Waals surface area contributed by atoms with Crippen LogP contribution in [0.2, 0.25) is 10.0 Å². The summed E-state index contributed by atoms with van der Waals surface area (Å²) in [7, 11) is 1.55. The summed E-state index contributed by atoms with van der Waals surface area (Å²) in [5.41, 5.74) is 4.40. The molecule has 5 aromatic rings. The van der Waals surface area contributed by atoms with Crippen LogP contribution in [-0.4, -0.2) is 37.7 Å². The molecule has 0 bridgehead atoms. The van der Waals surface area contributed by atoms with Crippen LogP contribution in [0.3, 0.4) is 0 Å². The Hall–Kier alpha value is -4.90. The van der Waals surface area contributed by atoms with Crippen LogP contribution in [0.25, 0.3) is 10.1 Å². The number of ether oxygens (including phenoxy) is 3. The molecule has 2 N–H and O–H groups in total. The zero-order chi connectivity index (χ0) is 31.9. The van der Waals surface area contributed by atoms with E-state index in [2.05, 4.69) is 15.8 Å².